The van der Waals surface area contributed by atoms with Crippen molar-refractivity contribution in [3.63, 3.8) is 0 Å². The van der Waals surface area contributed by atoms with Gasteiger partial charge in [-0.15, -0.1) is 0 Å². The van der Waals surface area contributed by atoms with Gasteiger partial charge in [-0.05, 0) is 74.0 Å². The van der Waals surface area contributed by atoms with Crippen LogP contribution in [0.5, 0.6) is 11.5 Å². The zero-order valence-electron chi connectivity index (χ0n) is 18.7. The average molecular weight is 431 g/mol. The lowest BCUT2D eigenvalue weighted by Crippen LogP contribution is -2.36. The number of rotatable bonds is 5. The quantitative estimate of drug-likeness (QED) is 0.584. The van der Waals surface area contributed by atoms with E-state index >= 15 is 0 Å². The molecule has 32 heavy (non-hydrogen) atoms. The number of aromatic nitrogens is 2. The third-order valence-electron chi connectivity index (χ3n) is 6.86. The molecule has 3 aromatic rings. The van der Waals surface area contributed by atoms with Crippen LogP contribution in [0.4, 0.5) is 4.79 Å². The van der Waals surface area contributed by atoms with E-state index in [1.54, 1.807) is 6.20 Å². The highest BCUT2D eigenvalue weighted by molar-refractivity contribution is 5.76. The number of carbonyl (C=O) groups excluding carboxylic acids is 1. The molecule has 6 nitrogen and oxygen atoms in total. The zero-order chi connectivity index (χ0) is 22.1. The maximum atomic E-state index is 12.7. The second-order valence-electron chi connectivity index (χ2n) is 9.27. The molecule has 2 aliphatic rings. The zero-order valence-corrected chi connectivity index (χ0v) is 18.7. The van der Waals surface area contributed by atoms with Crippen LogP contribution in [0.25, 0.3) is 0 Å². The van der Waals surface area contributed by atoms with Gasteiger partial charge in [0.15, 0.2) is 0 Å². The summed E-state index contributed by atoms with van der Waals surface area (Å²) in [6.07, 6.45) is 5.85. The number of para-hydroxylation sites is 1. The van der Waals surface area contributed by atoms with Crippen LogP contribution >= 0.6 is 0 Å². The normalized spacial score (nSPS) is 22.3. The van der Waals surface area contributed by atoms with E-state index < -0.39 is 0 Å². The van der Waals surface area contributed by atoms with E-state index in [4.69, 9.17) is 4.74 Å². The van der Waals surface area contributed by atoms with Gasteiger partial charge in [-0.25, -0.2) is 4.79 Å². The fourth-order valence-electron chi connectivity index (χ4n) is 5.15. The monoisotopic (exact) mass is 430 g/mol. The molecule has 3 atom stereocenters. The molecule has 0 spiro atoms. The maximum Gasteiger partial charge on any atom is 0.344 e. The summed E-state index contributed by atoms with van der Waals surface area (Å²) in [5, 5.41) is 4.18. The largest absolute Gasteiger partial charge is 0.457 e. The number of hydrogen-bond donors (Lipinski definition) is 0. The Kier molecular flexibility index (Phi) is 5.70. The molecule has 0 N–H and O–H groups in total. The Labute approximate surface area is 189 Å². The first kappa shape index (κ1) is 20.8. The molecule has 1 unspecified atom stereocenters. The summed E-state index contributed by atoms with van der Waals surface area (Å²) >= 11 is 0. The molecule has 1 amide bonds. The molecule has 6 heteroatoms. The lowest BCUT2D eigenvalue weighted by atomic mass is 10.0. The van der Waals surface area contributed by atoms with Gasteiger partial charge in [-0.1, -0.05) is 30.3 Å². The van der Waals surface area contributed by atoms with Crippen LogP contribution in [0.3, 0.4) is 0 Å². The molecule has 1 aliphatic carbocycles. The Bertz CT molecular complexity index is 1050. The van der Waals surface area contributed by atoms with Crippen LogP contribution < -0.4 is 4.74 Å². The Hall–Kier alpha value is -3.12. The van der Waals surface area contributed by atoms with Crippen LogP contribution in [-0.2, 0) is 6.54 Å². The van der Waals surface area contributed by atoms with Gasteiger partial charge in [0.1, 0.15) is 11.5 Å². The molecular weight excluding hydrogens is 400 g/mol. The number of ether oxygens (including phenoxy) is 1. The van der Waals surface area contributed by atoms with Crippen molar-refractivity contribution < 1.29 is 9.53 Å². The molecule has 0 bridgehead atoms. The Balaban J connectivity index is 1.13. The van der Waals surface area contributed by atoms with E-state index in [9.17, 15) is 4.79 Å². The molecule has 2 aromatic carbocycles. The van der Waals surface area contributed by atoms with Gasteiger partial charge < -0.3 is 9.64 Å². The van der Waals surface area contributed by atoms with E-state index in [-0.39, 0.29) is 6.03 Å². The summed E-state index contributed by atoms with van der Waals surface area (Å²) in [6.45, 7) is 4.57. The Morgan fingerprint density at radius 3 is 2.31 bits per heavy atom. The molecule has 1 aliphatic heterocycles. The maximum absolute atomic E-state index is 12.7. The molecule has 1 aromatic heterocycles. The molecule has 166 valence electrons. The highest BCUT2D eigenvalue weighted by Gasteiger charge is 2.43. The highest BCUT2D eigenvalue weighted by atomic mass is 16.5. The molecule has 1 saturated heterocycles. The minimum atomic E-state index is 0.00946. The van der Waals surface area contributed by atoms with Gasteiger partial charge in [-0.3, -0.25) is 4.90 Å². The summed E-state index contributed by atoms with van der Waals surface area (Å²) in [4.78, 5) is 17.1. The average Bonchev–Trinajstić information content (AvgIpc) is 3.50. The van der Waals surface area contributed by atoms with Crippen molar-refractivity contribution in [2.45, 2.75) is 32.4 Å². The van der Waals surface area contributed by atoms with Gasteiger partial charge in [0, 0.05) is 31.9 Å². The van der Waals surface area contributed by atoms with Crippen molar-refractivity contribution in [3.8, 4) is 11.5 Å². The standard InChI is InChI=1S/C26H30N4O2/c1-19-14-27-30(15-19)26(31)29-17-21-12-23(13-22(21)18-29)28(2)16-20-8-10-25(11-9-20)32-24-6-4-3-5-7-24/h3-11,14-15,21-23H,12-13,16-18H2,1-2H3/t21-,22+,23?. The van der Waals surface area contributed by atoms with Gasteiger partial charge >= 0.3 is 6.03 Å². The van der Waals surface area contributed by atoms with Crippen molar-refractivity contribution in [2.24, 2.45) is 11.8 Å². The summed E-state index contributed by atoms with van der Waals surface area (Å²) < 4.78 is 7.38. The molecule has 5 rings (SSSR count). The fraction of sp³-hybridized carbons (Fsp3) is 0.385. The number of amides is 1. The number of benzene rings is 2. The SMILES string of the molecule is Cc1cnn(C(=O)N2C[C@H]3CC(N(C)Cc4ccc(Oc5ccccc5)cc4)C[C@H]3C2)c1. The summed E-state index contributed by atoms with van der Waals surface area (Å²) in [5.74, 6) is 2.88. The van der Waals surface area contributed by atoms with Gasteiger partial charge in [-0.2, -0.15) is 9.78 Å². The molecule has 1 saturated carbocycles. The summed E-state index contributed by atoms with van der Waals surface area (Å²) in [5.41, 5.74) is 2.30. The van der Waals surface area contributed by atoms with Crippen LogP contribution in [0.1, 0.15) is 24.0 Å². The van der Waals surface area contributed by atoms with Crippen molar-refractivity contribution in [2.75, 3.05) is 20.1 Å². The number of hydrogen-bond acceptors (Lipinski definition) is 4. The van der Waals surface area contributed by atoms with Crippen molar-refractivity contribution in [1.29, 1.82) is 0 Å². The number of nitrogens with zero attached hydrogens (tertiary/aromatic N) is 4. The van der Waals surface area contributed by atoms with Gasteiger partial charge in [0.25, 0.3) is 0 Å². The number of fused-ring (bicyclic) bond motifs is 1. The van der Waals surface area contributed by atoms with E-state index in [1.807, 2.05) is 60.5 Å². The summed E-state index contributed by atoms with van der Waals surface area (Å²) in [7, 11) is 2.22. The first-order valence-electron chi connectivity index (χ1n) is 11.4. The van der Waals surface area contributed by atoms with Crippen molar-refractivity contribution in [3.05, 3.63) is 78.1 Å². The van der Waals surface area contributed by atoms with Crippen LogP contribution in [0, 0.1) is 18.8 Å². The number of likely N-dealkylation sites (tertiary alicyclic amines) is 1. The van der Waals surface area contributed by atoms with Crippen molar-refractivity contribution in [1.82, 2.24) is 19.6 Å². The lowest BCUT2D eigenvalue weighted by molar-refractivity contribution is 0.192. The minimum absolute atomic E-state index is 0.00946. The molecular formula is C26H30N4O2. The predicted molar refractivity (Wildman–Crippen MR) is 124 cm³/mol. The van der Waals surface area contributed by atoms with Crippen LogP contribution in [0.2, 0.25) is 0 Å². The number of carbonyl (C=O) groups is 1. The van der Waals surface area contributed by atoms with E-state index in [2.05, 4.69) is 29.2 Å². The third-order valence-corrected chi connectivity index (χ3v) is 6.86. The third kappa shape index (κ3) is 4.41. The smallest absolute Gasteiger partial charge is 0.344 e. The van der Waals surface area contributed by atoms with Gasteiger partial charge in [0.05, 0.1) is 6.20 Å². The Morgan fingerprint density at radius 2 is 1.69 bits per heavy atom. The minimum Gasteiger partial charge on any atom is -0.457 e. The molecule has 2 heterocycles. The highest BCUT2D eigenvalue weighted by Crippen LogP contribution is 2.40. The first-order valence-corrected chi connectivity index (χ1v) is 11.4. The molecule has 2 fully saturated rings. The Morgan fingerprint density at radius 1 is 1.03 bits per heavy atom. The second-order valence-corrected chi connectivity index (χ2v) is 9.27. The van der Waals surface area contributed by atoms with Crippen molar-refractivity contribution >= 4 is 6.03 Å². The van der Waals surface area contributed by atoms with E-state index in [0.717, 1.165) is 49.5 Å². The predicted octanol–water partition coefficient (Wildman–Crippen LogP) is 4.79. The van der Waals surface area contributed by atoms with E-state index in [1.165, 1.54) is 10.2 Å². The topological polar surface area (TPSA) is 50.6 Å². The fourth-order valence-corrected chi connectivity index (χ4v) is 5.15. The van der Waals surface area contributed by atoms with Crippen LogP contribution in [0.15, 0.2) is 67.0 Å². The lowest BCUT2D eigenvalue weighted by Gasteiger charge is -2.26. The van der Waals surface area contributed by atoms with Crippen LogP contribution in [-0.4, -0.2) is 51.8 Å². The molecule has 0 radical (unpaired) electrons. The summed E-state index contributed by atoms with van der Waals surface area (Å²) in [6, 6.07) is 18.8. The first-order chi connectivity index (χ1) is 15.5. The van der Waals surface area contributed by atoms with Gasteiger partial charge in [0.2, 0.25) is 0 Å². The second kappa shape index (κ2) is 8.79. The van der Waals surface area contributed by atoms with E-state index in [0.29, 0.717) is 17.9 Å². The number of aryl methyl sites for hydroxylation is 1.